The molecule has 10 heavy (non-hydrogen) atoms. The molecule has 1 aliphatic carbocycles. The summed E-state index contributed by atoms with van der Waals surface area (Å²) in [6.07, 6.45) is 3.44. The fraction of sp³-hybridized carbons (Fsp3) is 0.889. The van der Waals surface area contributed by atoms with Gasteiger partial charge in [0, 0.05) is 5.92 Å². The molecule has 0 heterocycles. The van der Waals surface area contributed by atoms with E-state index in [1.54, 1.807) is 0 Å². The van der Waals surface area contributed by atoms with Crippen molar-refractivity contribution in [2.75, 3.05) is 0 Å². The lowest BCUT2D eigenvalue weighted by Gasteiger charge is -2.27. The van der Waals surface area contributed by atoms with E-state index in [0.29, 0.717) is 11.8 Å². The van der Waals surface area contributed by atoms with Crippen LogP contribution in [-0.4, -0.2) is 6.29 Å². The van der Waals surface area contributed by atoms with Crippen LogP contribution in [0, 0.1) is 17.3 Å². The third-order valence-corrected chi connectivity index (χ3v) is 3.30. The zero-order valence-electron chi connectivity index (χ0n) is 7.05. The molecular weight excluding hydrogens is 124 g/mol. The molecule has 0 aromatic heterocycles. The second kappa shape index (κ2) is 2.37. The summed E-state index contributed by atoms with van der Waals surface area (Å²) in [5, 5.41) is 0. The summed E-state index contributed by atoms with van der Waals surface area (Å²) in [4.78, 5) is 10.6. The van der Waals surface area contributed by atoms with Crippen LogP contribution >= 0.6 is 0 Å². The Bertz CT molecular complexity index is 138. The van der Waals surface area contributed by atoms with Crippen LogP contribution < -0.4 is 0 Å². The van der Waals surface area contributed by atoms with Crippen molar-refractivity contribution in [3.8, 4) is 0 Å². The molecule has 0 aromatic carbocycles. The van der Waals surface area contributed by atoms with Crippen molar-refractivity contribution in [3.63, 3.8) is 0 Å². The minimum absolute atomic E-state index is 0.252. The van der Waals surface area contributed by atoms with Crippen molar-refractivity contribution in [3.05, 3.63) is 0 Å². The fourth-order valence-electron chi connectivity index (χ4n) is 1.78. The Labute approximate surface area is 62.8 Å². The summed E-state index contributed by atoms with van der Waals surface area (Å²) in [5.74, 6) is 1.02. The van der Waals surface area contributed by atoms with Gasteiger partial charge < -0.3 is 4.79 Å². The largest absolute Gasteiger partial charge is 0.303 e. The summed E-state index contributed by atoms with van der Waals surface area (Å²) < 4.78 is 0. The van der Waals surface area contributed by atoms with Gasteiger partial charge in [-0.1, -0.05) is 20.8 Å². The number of carbonyl (C=O) groups excluding carboxylic acids is 1. The summed E-state index contributed by atoms with van der Waals surface area (Å²) in [6.45, 7) is 6.64. The molecule has 1 heteroatoms. The Morgan fingerprint density at radius 1 is 1.40 bits per heavy atom. The van der Waals surface area contributed by atoms with Gasteiger partial charge >= 0.3 is 0 Å². The van der Waals surface area contributed by atoms with Crippen molar-refractivity contribution in [2.45, 2.75) is 33.6 Å². The Morgan fingerprint density at radius 3 is 2.20 bits per heavy atom. The number of hydrogen-bond donors (Lipinski definition) is 0. The van der Waals surface area contributed by atoms with Crippen molar-refractivity contribution in [1.82, 2.24) is 0 Å². The van der Waals surface area contributed by atoms with E-state index in [0.717, 1.165) is 12.7 Å². The van der Waals surface area contributed by atoms with Crippen LogP contribution in [0.25, 0.3) is 0 Å². The molecule has 0 bridgehead atoms. The second-order valence-electron chi connectivity index (χ2n) is 4.04. The van der Waals surface area contributed by atoms with Gasteiger partial charge in [-0.2, -0.15) is 0 Å². The van der Waals surface area contributed by atoms with Crippen molar-refractivity contribution < 1.29 is 4.79 Å². The first-order chi connectivity index (χ1) is 4.59. The molecule has 1 fully saturated rings. The van der Waals surface area contributed by atoms with Gasteiger partial charge in [-0.05, 0) is 24.2 Å². The lowest BCUT2D eigenvalue weighted by atomic mass is 9.77. The SMILES string of the molecule is CC1CC[C@H](C=O)C1(C)C. The lowest BCUT2D eigenvalue weighted by molar-refractivity contribution is -0.113. The molecule has 0 amide bonds. The minimum atomic E-state index is 0.252. The smallest absolute Gasteiger partial charge is 0.123 e. The number of aldehydes is 1. The molecule has 0 N–H and O–H groups in total. The zero-order valence-corrected chi connectivity index (χ0v) is 7.05. The van der Waals surface area contributed by atoms with Crippen LogP contribution in [0.2, 0.25) is 0 Å². The van der Waals surface area contributed by atoms with Gasteiger partial charge in [0.25, 0.3) is 0 Å². The van der Waals surface area contributed by atoms with Crippen LogP contribution in [-0.2, 0) is 4.79 Å². The van der Waals surface area contributed by atoms with E-state index in [1.807, 2.05) is 0 Å². The van der Waals surface area contributed by atoms with Crippen molar-refractivity contribution >= 4 is 6.29 Å². The van der Waals surface area contributed by atoms with Gasteiger partial charge in [0.05, 0.1) is 0 Å². The lowest BCUT2D eigenvalue weighted by Crippen LogP contribution is -2.23. The number of rotatable bonds is 1. The first-order valence-electron chi connectivity index (χ1n) is 4.04. The standard InChI is InChI=1S/C9H16O/c1-7-4-5-8(6-10)9(7,2)3/h6-8H,4-5H2,1-3H3/t7?,8-/m1/s1. The fourth-order valence-corrected chi connectivity index (χ4v) is 1.78. The highest BCUT2D eigenvalue weighted by molar-refractivity contribution is 5.55. The second-order valence-corrected chi connectivity index (χ2v) is 4.04. The average Bonchev–Trinajstić information content (AvgIpc) is 2.10. The van der Waals surface area contributed by atoms with E-state index >= 15 is 0 Å². The number of hydrogen-bond acceptors (Lipinski definition) is 1. The Kier molecular flexibility index (Phi) is 1.84. The highest BCUT2D eigenvalue weighted by Gasteiger charge is 2.39. The van der Waals surface area contributed by atoms with Crippen LogP contribution in [0.4, 0.5) is 0 Å². The van der Waals surface area contributed by atoms with Gasteiger partial charge in [0.15, 0.2) is 0 Å². The van der Waals surface area contributed by atoms with E-state index < -0.39 is 0 Å². The molecule has 0 aromatic rings. The predicted molar refractivity (Wildman–Crippen MR) is 41.7 cm³/mol. The third kappa shape index (κ3) is 0.979. The average molecular weight is 140 g/mol. The van der Waals surface area contributed by atoms with Gasteiger partial charge in [-0.25, -0.2) is 0 Å². The quantitative estimate of drug-likeness (QED) is 0.510. The minimum Gasteiger partial charge on any atom is -0.303 e. The molecular formula is C9H16O. The summed E-state index contributed by atoms with van der Waals surface area (Å²) >= 11 is 0. The van der Waals surface area contributed by atoms with Crippen molar-refractivity contribution in [1.29, 1.82) is 0 Å². The van der Waals surface area contributed by atoms with Crippen LogP contribution in [0.5, 0.6) is 0 Å². The number of carbonyl (C=O) groups is 1. The van der Waals surface area contributed by atoms with E-state index in [4.69, 9.17) is 0 Å². The summed E-state index contributed by atoms with van der Waals surface area (Å²) in [7, 11) is 0. The summed E-state index contributed by atoms with van der Waals surface area (Å²) in [6, 6.07) is 0. The van der Waals surface area contributed by atoms with E-state index in [9.17, 15) is 4.79 Å². The molecule has 1 saturated carbocycles. The molecule has 1 unspecified atom stereocenters. The normalized spacial score (nSPS) is 37.9. The molecule has 0 radical (unpaired) electrons. The van der Waals surface area contributed by atoms with Gasteiger partial charge in [0.1, 0.15) is 6.29 Å². The van der Waals surface area contributed by atoms with E-state index in [2.05, 4.69) is 20.8 Å². The Balaban J connectivity index is 2.73. The molecule has 2 atom stereocenters. The van der Waals surface area contributed by atoms with E-state index in [-0.39, 0.29) is 5.41 Å². The first-order valence-corrected chi connectivity index (χ1v) is 4.04. The molecule has 0 aliphatic heterocycles. The Hall–Kier alpha value is -0.330. The third-order valence-electron chi connectivity index (χ3n) is 3.30. The highest BCUT2D eigenvalue weighted by Crippen LogP contribution is 2.45. The van der Waals surface area contributed by atoms with Crippen molar-refractivity contribution in [2.24, 2.45) is 17.3 Å². The molecule has 1 nitrogen and oxygen atoms in total. The first kappa shape index (κ1) is 7.77. The molecule has 1 rings (SSSR count). The van der Waals surface area contributed by atoms with Gasteiger partial charge in [-0.15, -0.1) is 0 Å². The van der Waals surface area contributed by atoms with Gasteiger partial charge in [0.2, 0.25) is 0 Å². The molecule has 1 aliphatic rings. The monoisotopic (exact) mass is 140 g/mol. The molecule has 58 valence electrons. The van der Waals surface area contributed by atoms with Crippen LogP contribution in [0.3, 0.4) is 0 Å². The van der Waals surface area contributed by atoms with Gasteiger partial charge in [-0.3, -0.25) is 0 Å². The van der Waals surface area contributed by atoms with Crippen LogP contribution in [0.15, 0.2) is 0 Å². The maximum Gasteiger partial charge on any atom is 0.123 e. The molecule has 0 saturated heterocycles. The Morgan fingerprint density at radius 2 is 2.00 bits per heavy atom. The maximum atomic E-state index is 10.6. The van der Waals surface area contributed by atoms with Crippen LogP contribution in [0.1, 0.15) is 33.6 Å². The zero-order chi connectivity index (χ0) is 7.78. The summed E-state index contributed by atoms with van der Waals surface area (Å²) in [5.41, 5.74) is 0.252. The maximum absolute atomic E-state index is 10.6. The molecule has 0 spiro atoms. The predicted octanol–water partition coefficient (Wildman–Crippen LogP) is 2.26. The highest BCUT2D eigenvalue weighted by atomic mass is 16.1. The van der Waals surface area contributed by atoms with E-state index in [1.165, 1.54) is 6.42 Å². The topological polar surface area (TPSA) is 17.1 Å².